The molecule has 0 saturated heterocycles. The van der Waals surface area contributed by atoms with E-state index in [1.807, 2.05) is 0 Å². The first-order valence-electron chi connectivity index (χ1n) is 4.50. The number of phenolic OH excluding ortho intramolecular Hbond substituents is 1. The predicted octanol–water partition coefficient (Wildman–Crippen LogP) is 1.80. The Morgan fingerprint density at radius 1 is 1.33 bits per heavy atom. The second-order valence-corrected chi connectivity index (χ2v) is 2.87. The lowest BCUT2D eigenvalue weighted by molar-refractivity contribution is -0.131. The Balaban J connectivity index is 2.26. The van der Waals surface area contributed by atoms with Crippen molar-refractivity contribution in [2.75, 3.05) is 6.61 Å². The van der Waals surface area contributed by atoms with Crippen LogP contribution in [0.3, 0.4) is 0 Å². The van der Waals surface area contributed by atoms with Gasteiger partial charge in [0.2, 0.25) is 0 Å². The van der Waals surface area contributed by atoms with Gasteiger partial charge in [-0.15, -0.1) is 0 Å². The first-order chi connectivity index (χ1) is 7.18. The molecule has 1 aromatic carbocycles. The molecular weight excluding hydrogens is 196 g/mol. The van der Waals surface area contributed by atoms with Crippen LogP contribution in [-0.2, 0) is 4.79 Å². The van der Waals surface area contributed by atoms with E-state index >= 15 is 0 Å². The van der Waals surface area contributed by atoms with Gasteiger partial charge in [-0.25, -0.2) is 4.79 Å². The average molecular weight is 208 g/mol. The molecule has 0 aliphatic carbocycles. The molecule has 0 amide bonds. The van der Waals surface area contributed by atoms with Gasteiger partial charge in [-0.1, -0.05) is 6.08 Å². The first-order valence-corrected chi connectivity index (χ1v) is 4.50. The number of ether oxygens (including phenoxy) is 1. The monoisotopic (exact) mass is 208 g/mol. The number of benzene rings is 1. The molecule has 0 bridgehead atoms. The van der Waals surface area contributed by atoms with Crippen LogP contribution in [0, 0.1) is 0 Å². The maximum absolute atomic E-state index is 10.1. The first kappa shape index (κ1) is 11.1. The summed E-state index contributed by atoms with van der Waals surface area (Å²) in [6.45, 7) is 0.411. The molecule has 1 aromatic rings. The van der Waals surface area contributed by atoms with E-state index in [1.165, 1.54) is 18.2 Å². The minimum absolute atomic E-state index is 0.188. The van der Waals surface area contributed by atoms with Crippen molar-refractivity contribution in [2.24, 2.45) is 0 Å². The Labute approximate surface area is 87.4 Å². The Morgan fingerprint density at radius 3 is 2.60 bits per heavy atom. The Kier molecular flexibility index (Phi) is 4.22. The van der Waals surface area contributed by atoms with Gasteiger partial charge in [-0.3, -0.25) is 0 Å². The van der Waals surface area contributed by atoms with Crippen LogP contribution in [0.4, 0.5) is 0 Å². The molecular formula is C11H12O4. The molecule has 0 aliphatic rings. The minimum Gasteiger partial charge on any atom is -0.508 e. The predicted molar refractivity (Wildman–Crippen MR) is 55.0 cm³/mol. The largest absolute Gasteiger partial charge is 0.508 e. The molecule has 0 aliphatic heterocycles. The van der Waals surface area contributed by atoms with Crippen LogP contribution in [0.2, 0.25) is 0 Å². The highest BCUT2D eigenvalue weighted by atomic mass is 16.5. The SMILES string of the molecule is O=C(O)C=CCCOc1ccc(O)cc1. The lowest BCUT2D eigenvalue weighted by Gasteiger charge is -2.03. The summed E-state index contributed by atoms with van der Waals surface area (Å²) in [5, 5.41) is 17.3. The van der Waals surface area contributed by atoms with Gasteiger partial charge in [0, 0.05) is 6.08 Å². The number of aromatic hydroxyl groups is 1. The number of hydrogen-bond donors (Lipinski definition) is 2. The van der Waals surface area contributed by atoms with Gasteiger partial charge in [0.15, 0.2) is 0 Å². The maximum Gasteiger partial charge on any atom is 0.327 e. The third-order valence-electron chi connectivity index (χ3n) is 1.65. The van der Waals surface area contributed by atoms with Gasteiger partial charge >= 0.3 is 5.97 Å². The lowest BCUT2D eigenvalue weighted by Crippen LogP contribution is -1.95. The number of rotatable bonds is 5. The third-order valence-corrected chi connectivity index (χ3v) is 1.65. The number of aliphatic carboxylic acids is 1. The molecule has 80 valence electrons. The molecule has 0 fully saturated rings. The summed E-state index contributed by atoms with van der Waals surface area (Å²) >= 11 is 0. The van der Waals surface area contributed by atoms with Crippen LogP contribution in [0.5, 0.6) is 11.5 Å². The molecule has 4 nitrogen and oxygen atoms in total. The molecule has 15 heavy (non-hydrogen) atoms. The average Bonchev–Trinajstić information content (AvgIpc) is 2.20. The van der Waals surface area contributed by atoms with Crippen molar-refractivity contribution in [2.45, 2.75) is 6.42 Å². The van der Waals surface area contributed by atoms with Crippen molar-refractivity contribution in [3.8, 4) is 11.5 Å². The summed E-state index contributed by atoms with van der Waals surface area (Å²) in [4.78, 5) is 10.1. The van der Waals surface area contributed by atoms with Crippen LogP contribution >= 0.6 is 0 Å². The van der Waals surface area contributed by atoms with Gasteiger partial charge in [0.1, 0.15) is 11.5 Å². The van der Waals surface area contributed by atoms with Crippen LogP contribution in [0.25, 0.3) is 0 Å². The van der Waals surface area contributed by atoms with E-state index in [0.717, 1.165) is 6.08 Å². The standard InChI is InChI=1S/C11H12O4/c12-9-4-6-10(7-5-9)15-8-2-1-3-11(13)14/h1,3-7,12H,2,8H2,(H,13,14). The maximum atomic E-state index is 10.1. The summed E-state index contributed by atoms with van der Waals surface area (Å²) in [6.07, 6.45) is 3.15. The van der Waals surface area contributed by atoms with Gasteiger partial charge < -0.3 is 14.9 Å². The Bertz CT molecular complexity index is 340. The van der Waals surface area contributed by atoms with E-state index < -0.39 is 5.97 Å². The summed E-state index contributed by atoms with van der Waals surface area (Å²) in [5.74, 6) is -0.121. The fourth-order valence-corrected chi connectivity index (χ4v) is 0.971. The van der Waals surface area contributed by atoms with Crippen LogP contribution in [0.1, 0.15) is 6.42 Å². The van der Waals surface area contributed by atoms with Crippen molar-refractivity contribution in [1.82, 2.24) is 0 Å². The van der Waals surface area contributed by atoms with E-state index in [0.29, 0.717) is 18.8 Å². The molecule has 0 atom stereocenters. The van der Waals surface area contributed by atoms with Gasteiger partial charge in [-0.05, 0) is 30.7 Å². The topological polar surface area (TPSA) is 66.8 Å². The Hall–Kier alpha value is -1.97. The number of phenols is 1. The van der Waals surface area contributed by atoms with E-state index in [-0.39, 0.29) is 5.75 Å². The summed E-state index contributed by atoms with van der Waals surface area (Å²) in [6, 6.07) is 6.36. The molecule has 0 spiro atoms. The smallest absolute Gasteiger partial charge is 0.327 e. The van der Waals surface area contributed by atoms with Crippen molar-refractivity contribution in [3.63, 3.8) is 0 Å². The van der Waals surface area contributed by atoms with E-state index in [2.05, 4.69) is 0 Å². The zero-order valence-electron chi connectivity index (χ0n) is 8.09. The molecule has 0 saturated carbocycles. The quantitative estimate of drug-likeness (QED) is 0.572. The fraction of sp³-hybridized carbons (Fsp3) is 0.182. The molecule has 0 heterocycles. The third kappa shape index (κ3) is 4.71. The van der Waals surface area contributed by atoms with Crippen LogP contribution < -0.4 is 4.74 Å². The minimum atomic E-state index is -0.959. The van der Waals surface area contributed by atoms with Crippen LogP contribution in [0.15, 0.2) is 36.4 Å². The lowest BCUT2D eigenvalue weighted by atomic mass is 10.3. The van der Waals surface area contributed by atoms with Gasteiger partial charge in [-0.2, -0.15) is 0 Å². The molecule has 2 N–H and O–H groups in total. The summed E-state index contributed by atoms with van der Waals surface area (Å²) < 4.78 is 5.29. The molecule has 0 radical (unpaired) electrons. The summed E-state index contributed by atoms with van der Waals surface area (Å²) in [5.41, 5.74) is 0. The molecule has 0 unspecified atom stereocenters. The second-order valence-electron chi connectivity index (χ2n) is 2.87. The van der Waals surface area contributed by atoms with Crippen molar-refractivity contribution in [1.29, 1.82) is 0 Å². The zero-order chi connectivity index (χ0) is 11.1. The van der Waals surface area contributed by atoms with Crippen molar-refractivity contribution < 1.29 is 19.7 Å². The van der Waals surface area contributed by atoms with Crippen molar-refractivity contribution >= 4 is 5.97 Å². The van der Waals surface area contributed by atoms with Crippen LogP contribution in [-0.4, -0.2) is 22.8 Å². The van der Waals surface area contributed by atoms with E-state index in [1.54, 1.807) is 12.1 Å². The number of carboxylic acids is 1. The van der Waals surface area contributed by atoms with E-state index in [9.17, 15) is 4.79 Å². The molecule has 4 heteroatoms. The highest BCUT2D eigenvalue weighted by Crippen LogP contribution is 2.15. The normalized spacial score (nSPS) is 10.4. The fourth-order valence-electron chi connectivity index (χ4n) is 0.971. The second kappa shape index (κ2) is 5.70. The Morgan fingerprint density at radius 2 is 2.00 bits per heavy atom. The highest BCUT2D eigenvalue weighted by molar-refractivity contribution is 5.79. The number of hydrogen-bond acceptors (Lipinski definition) is 3. The number of carbonyl (C=O) groups is 1. The van der Waals surface area contributed by atoms with Crippen molar-refractivity contribution in [3.05, 3.63) is 36.4 Å². The summed E-state index contributed by atoms with van der Waals surface area (Å²) in [7, 11) is 0. The molecule has 0 aromatic heterocycles. The highest BCUT2D eigenvalue weighted by Gasteiger charge is 1.92. The molecule has 1 rings (SSSR count). The van der Waals surface area contributed by atoms with Gasteiger partial charge in [0.25, 0.3) is 0 Å². The van der Waals surface area contributed by atoms with Gasteiger partial charge in [0.05, 0.1) is 6.61 Å². The van der Waals surface area contributed by atoms with E-state index in [4.69, 9.17) is 14.9 Å². The number of carboxylic acid groups (broad SMARTS) is 1. The zero-order valence-corrected chi connectivity index (χ0v) is 8.09.